The van der Waals surface area contributed by atoms with Crippen molar-refractivity contribution in [1.82, 2.24) is 4.98 Å². The van der Waals surface area contributed by atoms with E-state index in [1.165, 1.54) is 0 Å². The van der Waals surface area contributed by atoms with E-state index in [-0.39, 0.29) is 17.7 Å². The number of anilines is 1. The molecule has 1 aromatic rings. The van der Waals surface area contributed by atoms with Crippen LogP contribution in [-0.2, 0) is 4.79 Å². The van der Waals surface area contributed by atoms with Gasteiger partial charge < -0.3 is 16.2 Å². The zero-order valence-electron chi connectivity index (χ0n) is 9.80. The Bertz CT molecular complexity index is 475. The number of carbonyl (C=O) groups is 2. The van der Waals surface area contributed by atoms with Crippen molar-refractivity contribution >= 4 is 17.7 Å². The van der Waals surface area contributed by atoms with Crippen LogP contribution in [0.15, 0.2) is 18.2 Å². The normalized spacial score (nSPS) is 22.7. The summed E-state index contributed by atoms with van der Waals surface area (Å²) in [5.74, 6) is -1.06. The van der Waals surface area contributed by atoms with Crippen molar-refractivity contribution in [2.24, 2.45) is 11.7 Å². The maximum Gasteiger partial charge on any atom is 0.306 e. The summed E-state index contributed by atoms with van der Waals surface area (Å²) in [6.07, 6.45) is 2.04. The van der Waals surface area contributed by atoms with Crippen molar-refractivity contribution in [3.05, 3.63) is 23.9 Å². The Balaban J connectivity index is 2.00. The number of carbonyl (C=O) groups excluding carboxylic acids is 1. The lowest BCUT2D eigenvalue weighted by Crippen LogP contribution is -2.20. The fraction of sp³-hybridized carbons (Fsp3) is 0.417. The molecule has 1 aliphatic carbocycles. The zero-order chi connectivity index (χ0) is 13.1. The summed E-state index contributed by atoms with van der Waals surface area (Å²) < 4.78 is 0. The van der Waals surface area contributed by atoms with Gasteiger partial charge in [-0.25, -0.2) is 4.98 Å². The Labute approximate surface area is 104 Å². The van der Waals surface area contributed by atoms with Gasteiger partial charge in [0.25, 0.3) is 5.91 Å². The highest BCUT2D eigenvalue weighted by atomic mass is 16.4. The van der Waals surface area contributed by atoms with Crippen LogP contribution in [0.5, 0.6) is 0 Å². The molecule has 1 amide bonds. The van der Waals surface area contributed by atoms with Crippen LogP contribution in [0.1, 0.15) is 29.8 Å². The third-order valence-corrected chi connectivity index (χ3v) is 3.14. The van der Waals surface area contributed by atoms with Gasteiger partial charge in [0, 0.05) is 6.04 Å². The lowest BCUT2D eigenvalue weighted by atomic mass is 10.1. The number of amides is 1. The van der Waals surface area contributed by atoms with E-state index >= 15 is 0 Å². The lowest BCUT2D eigenvalue weighted by Gasteiger charge is -2.13. The monoisotopic (exact) mass is 249 g/mol. The van der Waals surface area contributed by atoms with Crippen LogP contribution in [0.4, 0.5) is 5.82 Å². The number of aliphatic carboxylic acids is 1. The Morgan fingerprint density at radius 1 is 1.39 bits per heavy atom. The maximum atomic E-state index is 11.0. The van der Waals surface area contributed by atoms with Gasteiger partial charge >= 0.3 is 5.97 Å². The number of rotatable bonds is 4. The van der Waals surface area contributed by atoms with Crippen LogP contribution in [0, 0.1) is 5.92 Å². The summed E-state index contributed by atoms with van der Waals surface area (Å²) in [6.45, 7) is 0. The summed E-state index contributed by atoms with van der Waals surface area (Å²) in [5, 5.41) is 12.0. The van der Waals surface area contributed by atoms with Gasteiger partial charge in [-0.05, 0) is 31.4 Å². The predicted molar refractivity (Wildman–Crippen MR) is 65.1 cm³/mol. The summed E-state index contributed by atoms with van der Waals surface area (Å²) in [4.78, 5) is 25.9. The lowest BCUT2D eigenvalue weighted by molar-refractivity contribution is -0.141. The highest BCUT2D eigenvalue weighted by Crippen LogP contribution is 2.27. The summed E-state index contributed by atoms with van der Waals surface area (Å²) >= 11 is 0. The number of aromatic nitrogens is 1. The number of primary amides is 1. The number of hydrogen-bond acceptors (Lipinski definition) is 4. The average molecular weight is 249 g/mol. The first-order valence-electron chi connectivity index (χ1n) is 5.82. The van der Waals surface area contributed by atoms with Crippen LogP contribution >= 0.6 is 0 Å². The van der Waals surface area contributed by atoms with Gasteiger partial charge in [0.1, 0.15) is 11.5 Å². The Kier molecular flexibility index (Phi) is 3.45. The topological polar surface area (TPSA) is 105 Å². The van der Waals surface area contributed by atoms with Gasteiger partial charge in [0.15, 0.2) is 0 Å². The molecule has 6 nitrogen and oxygen atoms in total. The molecule has 0 spiro atoms. The van der Waals surface area contributed by atoms with E-state index in [2.05, 4.69) is 10.3 Å². The predicted octanol–water partition coefficient (Wildman–Crippen LogP) is 0.846. The third-order valence-electron chi connectivity index (χ3n) is 3.14. The molecule has 0 saturated heterocycles. The minimum Gasteiger partial charge on any atom is -0.481 e. The SMILES string of the molecule is NC(=O)c1cccc(NC2CCC(C(=O)O)C2)n1. The van der Waals surface area contributed by atoms with Crippen LogP contribution < -0.4 is 11.1 Å². The molecule has 0 aliphatic heterocycles. The smallest absolute Gasteiger partial charge is 0.306 e. The van der Waals surface area contributed by atoms with Crippen LogP contribution in [0.3, 0.4) is 0 Å². The van der Waals surface area contributed by atoms with Gasteiger partial charge in [0.05, 0.1) is 5.92 Å². The van der Waals surface area contributed by atoms with Gasteiger partial charge in [0.2, 0.25) is 0 Å². The van der Waals surface area contributed by atoms with E-state index in [0.717, 1.165) is 6.42 Å². The standard InChI is InChI=1S/C12H15N3O3/c13-11(16)9-2-1-3-10(15-9)14-8-5-4-7(6-8)12(17)18/h1-3,7-8H,4-6H2,(H2,13,16)(H,14,15)(H,17,18). The second-order valence-electron chi connectivity index (χ2n) is 4.46. The Hall–Kier alpha value is -2.11. The van der Waals surface area contributed by atoms with Gasteiger partial charge in [-0.15, -0.1) is 0 Å². The second-order valence-corrected chi connectivity index (χ2v) is 4.46. The summed E-state index contributed by atoms with van der Waals surface area (Å²) in [5.41, 5.74) is 5.35. The first kappa shape index (κ1) is 12.3. The third kappa shape index (κ3) is 2.77. The largest absolute Gasteiger partial charge is 0.481 e. The second kappa shape index (κ2) is 5.03. The highest BCUT2D eigenvalue weighted by molar-refractivity contribution is 5.91. The quantitative estimate of drug-likeness (QED) is 0.733. The van der Waals surface area contributed by atoms with Crippen molar-refractivity contribution in [2.75, 3.05) is 5.32 Å². The molecular formula is C12H15N3O3. The maximum absolute atomic E-state index is 11.0. The van der Waals surface area contributed by atoms with E-state index in [1.54, 1.807) is 18.2 Å². The Morgan fingerprint density at radius 2 is 2.17 bits per heavy atom. The molecule has 18 heavy (non-hydrogen) atoms. The number of nitrogens with zero attached hydrogens (tertiary/aromatic N) is 1. The summed E-state index contributed by atoms with van der Waals surface area (Å²) in [6, 6.07) is 5.06. The van der Waals surface area contributed by atoms with E-state index in [4.69, 9.17) is 10.8 Å². The molecule has 0 radical (unpaired) electrons. The minimum atomic E-state index is -0.752. The molecule has 2 atom stereocenters. The van der Waals surface area contributed by atoms with E-state index in [1.807, 2.05) is 0 Å². The molecule has 0 aromatic carbocycles. The highest BCUT2D eigenvalue weighted by Gasteiger charge is 2.29. The minimum absolute atomic E-state index is 0.0849. The summed E-state index contributed by atoms with van der Waals surface area (Å²) in [7, 11) is 0. The molecule has 4 N–H and O–H groups in total. The first-order chi connectivity index (χ1) is 8.56. The number of carboxylic acid groups (broad SMARTS) is 1. The fourth-order valence-corrected chi connectivity index (χ4v) is 2.20. The molecule has 2 unspecified atom stereocenters. The van der Waals surface area contributed by atoms with Crippen molar-refractivity contribution in [2.45, 2.75) is 25.3 Å². The number of carboxylic acids is 1. The van der Waals surface area contributed by atoms with Crippen molar-refractivity contribution in [3.63, 3.8) is 0 Å². The average Bonchev–Trinajstić information content (AvgIpc) is 2.78. The van der Waals surface area contributed by atoms with E-state index < -0.39 is 11.9 Å². The number of pyridine rings is 1. The van der Waals surface area contributed by atoms with E-state index in [0.29, 0.717) is 18.7 Å². The fourth-order valence-electron chi connectivity index (χ4n) is 2.20. The molecule has 1 aromatic heterocycles. The number of nitrogens with two attached hydrogens (primary N) is 1. The number of hydrogen-bond donors (Lipinski definition) is 3. The molecule has 1 heterocycles. The van der Waals surface area contributed by atoms with Crippen LogP contribution in [-0.4, -0.2) is 28.0 Å². The molecule has 1 saturated carbocycles. The molecule has 96 valence electrons. The molecule has 0 bridgehead atoms. The molecular weight excluding hydrogens is 234 g/mol. The Morgan fingerprint density at radius 3 is 2.78 bits per heavy atom. The van der Waals surface area contributed by atoms with Crippen molar-refractivity contribution in [3.8, 4) is 0 Å². The number of nitrogens with one attached hydrogen (secondary N) is 1. The zero-order valence-corrected chi connectivity index (χ0v) is 9.80. The van der Waals surface area contributed by atoms with Crippen LogP contribution in [0.25, 0.3) is 0 Å². The molecule has 2 rings (SSSR count). The van der Waals surface area contributed by atoms with Crippen LogP contribution in [0.2, 0.25) is 0 Å². The van der Waals surface area contributed by atoms with Crippen molar-refractivity contribution in [1.29, 1.82) is 0 Å². The molecule has 1 fully saturated rings. The first-order valence-corrected chi connectivity index (χ1v) is 5.82. The van der Waals surface area contributed by atoms with Crippen molar-refractivity contribution < 1.29 is 14.7 Å². The van der Waals surface area contributed by atoms with E-state index in [9.17, 15) is 9.59 Å². The van der Waals surface area contributed by atoms with Gasteiger partial charge in [-0.2, -0.15) is 0 Å². The van der Waals surface area contributed by atoms with Gasteiger partial charge in [-0.3, -0.25) is 9.59 Å². The molecule has 1 aliphatic rings. The van der Waals surface area contributed by atoms with Gasteiger partial charge in [-0.1, -0.05) is 6.07 Å². The molecule has 6 heteroatoms.